The Morgan fingerprint density at radius 3 is 2.64 bits per heavy atom. The number of anilines is 1. The summed E-state index contributed by atoms with van der Waals surface area (Å²) in [7, 11) is 0. The summed E-state index contributed by atoms with van der Waals surface area (Å²) in [5, 5.41) is 14.5. The Morgan fingerprint density at radius 2 is 1.86 bits per heavy atom. The first kappa shape index (κ1) is 13.1. The van der Waals surface area contributed by atoms with E-state index in [1.54, 1.807) is 12.1 Å². The van der Waals surface area contributed by atoms with Crippen molar-refractivity contribution in [3.63, 3.8) is 0 Å². The average molecular weight is 290 g/mol. The van der Waals surface area contributed by atoms with Crippen LogP contribution in [0.3, 0.4) is 0 Å². The lowest BCUT2D eigenvalue weighted by Crippen LogP contribution is -2.29. The van der Waals surface area contributed by atoms with E-state index in [1.807, 2.05) is 18.2 Å². The smallest absolute Gasteiger partial charge is 0.0715 e. The molecule has 0 spiro atoms. The number of carboxylic acid groups (broad SMARTS) is 1. The monoisotopic (exact) mass is 290 g/mol. The van der Waals surface area contributed by atoms with Crippen molar-refractivity contribution < 1.29 is 9.90 Å². The molecule has 3 atom stereocenters. The van der Waals surface area contributed by atoms with Crippen LogP contribution < -0.4 is 10.4 Å². The predicted octanol–water partition coefficient (Wildman–Crippen LogP) is 2.88. The first-order valence-electron chi connectivity index (χ1n) is 7.57. The molecule has 110 valence electrons. The highest BCUT2D eigenvalue weighted by Crippen LogP contribution is 2.49. The van der Waals surface area contributed by atoms with E-state index < -0.39 is 5.97 Å². The Hall–Kier alpha value is -2.55. The van der Waals surface area contributed by atoms with Crippen molar-refractivity contribution in [1.82, 2.24) is 0 Å². The fourth-order valence-electron chi connectivity index (χ4n) is 3.70. The fraction of sp³-hybridized carbons (Fsp3) is 0.211. The first-order valence-corrected chi connectivity index (χ1v) is 7.57. The van der Waals surface area contributed by atoms with Crippen LogP contribution in [-0.4, -0.2) is 5.97 Å². The molecular formula is C19H16NO2-. The zero-order valence-corrected chi connectivity index (χ0v) is 12.0. The van der Waals surface area contributed by atoms with Gasteiger partial charge in [0.15, 0.2) is 0 Å². The minimum Gasteiger partial charge on any atom is -0.545 e. The number of carbonyl (C=O) groups is 1. The van der Waals surface area contributed by atoms with Crippen LogP contribution in [-0.2, 0) is 0 Å². The summed E-state index contributed by atoms with van der Waals surface area (Å²) in [5.41, 5.74) is 3.87. The van der Waals surface area contributed by atoms with Crippen LogP contribution in [0.5, 0.6) is 0 Å². The van der Waals surface area contributed by atoms with Gasteiger partial charge in [-0.15, -0.1) is 0 Å². The van der Waals surface area contributed by atoms with Crippen LogP contribution in [0.1, 0.15) is 39.9 Å². The summed E-state index contributed by atoms with van der Waals surface area (Å²) in [6.45, 7) is 0. The predicted molar refractivity (Wildman–Crippen MR) is 83.6 cm³/mol. The van der Waals surface area contributed by atoms with Crippen molar-refractivity contribution in [3.05, 3.63) is 77.4 Å². The number of aromatic carboxylic acids is 1. The van der Waals surface area contributed by atoms with Crippen molar-refractivity contribution in [3.8, 4) is 0 Å². The fourth-order valence-corrected chi connectivity index (χ4v) is 3.70. The maximum atomic E-state index is 10.9. The lowest BCUT2D eigenvalue weighted by atomic mass is 9.77. The van der Waals surface area contributed by atoms with Gasteiger partial charge in [-0.1, -0.05) is 54.6 Å². The molecule has 3 unspecified atom stereocenters. The molecule has 22 heavy (non-hydrogen) atoms. The van der Waals surface area contributed by atoms with Gasteiger partial charge in [0.1, 0.15) is 0 Å². The molecule has 0 saturated carbocycles. The van der Waals surface area contributed by atoms with E-state index in [1.165, 1.54) is 11.3 Å². The molecule has 0 saturated heterocycles. The first-order chi connectivity index (χ1) is 10.7. The molecule has 0 amide bonds. The molecule has 3 nitrogen and oxygen atoms in total. The largest absolute Gasteiger partial charge is 0.545 e. The zero-order chi connectivity index (χ0) is 15.1. The van der Waals surface area contributed by atoms with Gasteiger partial charge in [-0.2, -0.15) is 0 Å². The lowest BCUT2D eigenvalue weighted by molar-refractivity contribution is -0.255. The highest BCUT2D eigenvalue weighted by molar-refractivity contribution is 5.85. The number of rotatable bonds is 2. The Kier molecular flexibility index (Phi) is 3.00. The number of fused-ring (bicyclic) bond motifs is 3. The van der Waals surface area contributed by atoms with Gasteiger partial charge in [-0.3, -0.25) is 0 Å². The molecule has 1 aliphatic carbocycles. The molecule has 3 heteroatoms. The number of nitrogens with one attached hydrogen (secondary N) is 1. The molecule has 0 aromatic heterocycles. The van der Waals surface area contributed by atoms with Gasteiger partial charge in [0.2, 0.25) is 0 Å². The molecule has 4 rings (SSSR count). The van der Waals surface area contributed by atoms with Gasteiger partial charge in [0.25, 0.3) is 0 Å². The van der Waals surface area contributed by atoms with Gasteiger partial charge < -0.3 is 15.2 Å². The van der Waals surface area contributed by atoms with Crippen LogP contribution >= 0.6 is 0 Å². The van der Waals surface area contributed by atoms with E-state index in [0.29, 0.717) is 11.8 Å². The van der Waals surface area contributed by atoms with E-state index in [4.69, 9.17) is 0 Å². The van der Waals surface area contributed by atoms with E-state index in [2.05, 4.69) is 35.7 Å². The summed E-state index contributed by atoms with van der Waals surface area (Å²) < 4.78 is 0. The topological polar surface area (TPSA) is 52.2 Å². The maximum absolute atomic E-state index is 10.9. The Labute approximate surface area is 129 Å². The van der Waals surface area contributed by atoms with Crippen LogP contribution in [0, 0.1) is 5.92 Å². The Bertz CT molecular complexity index is 748. The second kappa shape index (κ2) is 5.02. The summed E-state index contributed by atoms with van der Waals surface area (Å²) in [5.74, 6) is -0.221. The van der Waals surface area contributed by atoms with E-state index in [0.717, 1.165) is 12.0 Å². The van der Waals surface area contributed by atoms with Gasteiger partial charge >= 0.3 is 0 Å². The van der Waals surface area contributed by atoms with Crippen LogP contribution in [0.15, 0.2) is 60.7 Å². The molecule has 0 bridgehead atoms. The minimum absolute atomic E-state index is 0.200. The van der Waals surface area contributed by atoms with Gasteiger partial charge in [-0.05, 0) is 35.1 Å². The third-order valence-electron chi connectivity index (χ3n) is 4.78. The molecule has 1 heterocycles. The van der Waals surface area contributed by atoms with Gasteiger partial charge in [0.05, 0.1) is 12.0 Å². The highest BCUT2D eigenvalue weighted by atomic mass is 16.4. The lowest BCUT2D eigenvalue weighted by Gasteiger charge is -2.37. The quantitative estimate of drug-likeness (QED) is 0.865. The van der Waals surface area contributed by atoms with Gasteiger partial charge in [-0.25, -0.2) is 0 Å². The third-order valence-corrected chi connectivity index (χ3v) is 4.78. The normalized spacial score (nSPS) is 25.2. The van der Waals surface area contributed by atoms with Crippen molar-refractivity contribution in [2.24, 2.45) is 5.92 Å². The minimum atomic E-state index is -1.13. The molecule has 1 aliphatic heterocycles. The van der Waals surface area contributed by atoms with Crippen molar-refractivity contribution in [2.75, 3.05) is 5.32 Å². The molecular weight excluding hydrogens is 274 g/mol. The van der Waals surface area contributed by atoms with Crippen molar-refractivity contribution in [2.45, 2.75) is 18.4 Å². The Morgan fingerprint density at radius 1 is 1.09 bits per heavy atom. The van der Waals surface area contributed by atoms with Crippen LogP contribution in [0.25, 0.3) is 0 Å². The number of benzene rings is 2. The third kappa shape index (κ3) is 2.01. The standard InChI is InChI=1S/C19H17NO2/c21-19(22)13-10-8-12(9-11-13)18-16-6-3-5-14(16)15-4-1-2-7-17(15)20-18/h1-5,7-11,14,16,18,20H,6H2,(H,21,22)/p-1. The summed E-state index contributed by atoms with van der Waals surface area (Å²) in [6.07, 6.45) is 5.59. The average Bonchev–Trinajstić information content (AvgIpc) is 3.04. The molecule has 1 N–H and O–H groups in total. The molecule has 0 fully saturated rings. The molecule has 2 aromatic carbocycles. The van der Waals surface area contributed by atoms with Gasteiger partial charge in [0, 0.05) is 11.6 Å². The number of hydrogen-bond donors (Lipinski definition) is 1. The number of allylic oxidation sites excluding steroid dienone is 2. The molecule has 2 aromatic rings. The summed E-state index contributed by atoms with van der Waals surface area (Å²) in [6, 6.07) is 15.7. The van der Waals surface area contributed by atoms with Crippen LogP contribution in [0.2, 0.25) is 0 Å². The summed E-state index contributed by atoms with van der Waals surface area (Å²) in [4.78, 5) is 10.9. The summed E-state index contributed by atoms with van der Waals surface area (Å²) >= 11 is 0. The second-order valence-corrected chi connectivity index (χ2v) is 5.97. The number of para-hydroxylation sites is 1. The SMILES string of the molecule is O=C([O-])c1ccc(C2Nc3ccccc3C3C=CCC32)cc1. The number of carbonyl (C=O) groups excluding carboxylic acids is 1. The van der Waals surface area contributed by atoms with E-state index in [9.17, 15) is 9.90 Å². The number of carboxylic acids is 1. The van der Waals surface area contributed by atoms with Crippen molar-refractivity contribution in [1.29, 1.82) is 0 Å². The van der Waals surface area contributed by atoms with Crippen LogP contribution in [0.4, 0.5) is 5.69 Å². The zero-order valence-electron chi connectivity index (χ0n) is 12.0. The maximum Gasteiger partial charge on any atom is 0.0715 e. The second-order valence-electron chi connectivity index (χ2n) is 5.97. The van der Waals surface area contributed by atoms with E-state index in [-0.39, 0.29) is 11.6 Å². The highest BCUT2D eigenvalue weighted by Gasteiger charge is 2.37. The van der Waals surface area contributed by atoms with E-state index >= 15 is 0 Å². The number of hydrogen-bond acceptors (Lipinski definition) is 3. The molecule has 0 radical (unpaired) electrons. The molecule has 2 aliphatic rings. The van der Waals surface area contributed by atoms with Crippen molar-refractivity contribution >= 4 is 11.7 Å². The Balaban J connectivity index is 1.72.